The third-order valence-corrected chi connectivity index (χ3v) is 4.06. The number of nitrogens with zero attached hydrogens (tertiary/aromatic N) is 2. The molecule has 0 heterocycles. The third-order valence-electron chi connectivity index (χ3n) is 3.40. The average Bonchev–Trinajstić information content (AvgIpc) is 2.38. The number of halogens is 1. The van der Waals surface area contributed by atoms with Crippen molar-refractivity contribution in [1.82, 2.24) is 0 Å². The molecule has 0 fully saturated rings. The van der Waals surface area contributed by atoms with Crippen LogP contribution in [0.1, 0.15) is 46.1 Å². The van der Waals surface area contributed by atoms with Crippen molar-refractivity contribution >= 4 is 21.6 Å². The zero-order valence-electron chi connectivity index (χ0n) is 13.0. The van der Waals surface area contributed by atoms with Crippen molar-refractivity contribution in [1.29, 1.82) is 5.26 Å². The molecule has 110 valence electrons. The number of hydrogen-bond acceptors (Lipinski definition) is 2. The van der Waals surface area contributed by atoms with E-state index in [1.807, 2.05) is 12.1 Å². The first-order valence-corrected chi connectivity index (χ1v) is 8.18. The minimum absolute atomic E-state index is 0.675. The summed E-state index contributed by atoms with van der Waals surface area (Å²) >= 11 is 3.49. The molecule has 0 aliphatic heterocycles. The molecule has 0 saturated carbocycles. The van der Waals surface area contributed by atoms with Crippen molar-refractivity contribution in [2.45, 2.75) is 40.5 Å². The molecule has 0 bridgehead atoms. The highest BCUT2D eigenvalue weighted by Gasteiger charge is 2.14. The van der Waals surface area contributed by atoms with Gasteiger partial charge in [-0.2, -0.15) is 5.26 Å². The predicted octanol–water partition coefficient (Wildman–Crippen LogP) is 5.22. The predicted molar refractivity (Wildman–Crippen MR) is 90.0 cm³/mol. The largest absolute Gasteiger partial charge is 0.370 e. The Morgan fingerprint density at radius 1 is 1.10 bits per heavy atom. The number of nitriles is 1. The van der Waals surface area contributed by atoms with E-state index in [0.717, 1.165) is 41.7 Å². The van der Waals surface area contributed by atoms with Crippen molar-refractivity contribution in [3.8, 4) is 6.07 Å². The maximum absolute atomic E-state index is 9.40. The van der Waals surface area contributed by atoms with Crippen molar-refractivity contribution in [3.05, 3.63) is 28.2 Å². The molecule has 0 aromatic heterocycles. The Balaban J connectivity index is 2.97. The summed E-state index contributed by atoms with van der Waals surface area (Å²) in [5, 5.41) is 9.40. The fourth-order valence-corrected chi connectivity index (χ4v) is 2.51. The van der Waals surface area contributed by atoms with Gasteiger partial charge in [0.05, 0.1) is 11.3 Å². The summed E-state index contributed by atoms with van der Waals surface area (Å²) in [4.78, 5) is 2.36. The van der Waals surface area contributed by atoms with E-state index in [1.165, 1.54) is 0 Å². The van der Waals surface area contributed by atoms with E-state index in [-0.39, 0.29) is 0 Å². The van der Waals surface area contributed by atoms with Crippen molar-refractivity contribution < 1.29 is 0 Å². The Kier molecular flexibility index (Phi) is 7.09. The number of rotatable bonds is 7. The fourth-order valence-electron chi connectivity index (χ4n) is 2.07. The third kappa shape index (κ3) is 5.17. The van der Waals surface area contributed by atoms with Gasteiger partial charge in [0.1, 0.15) is 6.07 Å². The van der Waals surface area contributed by atoms with Gasteiger partial charge in [0, 0.05) is 17.6 Å². The second-order valence-electron chi connectivity index (χ2n) is 6.10. The van der Waals surface area contributed by atoms with Crippen LogP contribution in [0.25, 0.3) is 0 Å². The van der Waals surface area contributed by atoms with Gasteiger partial charge in [-0.1, -0.05) is 33.8 Å². The smallest absolute Gasteiger partial charge is 0.103 e. The van der Waals surface area contributed by atoms with E-state index >= 15 is 0 Å². The summed E-state index contributed by atoms with van der Waals surface area (Å²) in [7, 11) is 0. The molecule has 0 atom stereocenters. The lowest BCUT2D eigenvalue weighted by atomic mass is 10.1. The Bertz CT molecular complexity index is 449. The Hall–Kier alpha value is -1.01. The molecule has 1 aromatic carbocycles. The SMILES string of the molecule is CC(C)CCN(CCC(C)C)c1cccc(Br)c1C#N. The van der Waals surface area contributed by atoms with Crippen LogP contribution in [0.2, 0.25) is 0 Å². The Morgan fingerprint density at radius 2 is 1.65 bits per heavy atom. The summed E-state index contributed by atoms with van der Waals surface area (Å²) in [6, 6.07) is 8.34. The van der Waals surface area contributed by atoms with E-state index in [4.69, 9.17) is 0 Å². The van der Waals surface area contributed by atoms with Gasteiger partial charge in [-0.05, 0) is 52.7 Å². The number of benzene rings is 1. The maximum atomic E-state index is 9.40. The lowest BCUT2D eigenvalue weighted by Gasteiger charge is -2.27. The zero-order chi connectivity index (χ0) is 15.1. The molecule has 0 spiro atoms. The molecule has 0 aliphatic carbocycles. The molecule has 0 unspecified atom stereocenters. The molecule has 1 rings (SSSR count). The van der Waals surface area contributed by atoms with Gasteiger partial charge in [-0.15, -0.1) is 0 Å². The van der Waals surface area contributed by atoms with Crippen LogP contribution in [0.15, 0.2) is 22.7 Å². The first-order chi connectivity index (χ1) is 9.45. The highest BCUT2D eigenvalue weighted by Crippen LogP contribution is 2.28. The molecule has 1 aromatic rings. The van der Waals surface area contributed by atoms with Crippen LogP contribution in [-0.2, 0) is 0 Å². The highest BCUT2D eigenvalue weighted by molar-refractivity contribution is 9.10. The molecule has 0 aliphatic rings. The van der Waals surface area contributed by atoms with E-state index in [2.05, 4.69) is 60.7 Å². The van der Waals surface area contributed by atoms with E-state index in [9.17, 15) is 5.26 Å². The first-order valence-electron chi connectivity index (χ1n) is 7.39. The van der Waals surface area contributed by atoms with Gasteiger partial charge >= 0.3 is 0 Å². The molecular formula is C17H25BrN2. The lowest BCUT2D eigenvalue weighted by Crippen LogP contribution is -2.28. The van der Waals surface area contributed by atoms with Crippen molar-refractivity contribution in [3.63, 3.8) is 0 Å². The van der Waals surface area contributed by atoms with Crippen molar-refractivity contribution in [2.24, 2.45) is 11.8 Å². The van der Waals surface area contributed by atoms with Crippen molar-refractivity contribution in [2.75, 3.05) is 18.0 Å². The second-order valence-corrected chi connectivity index (χ2v) is 6.95. The van der Waals surface area contributed by atoms with Gasteiger partial charge in [-0.3, -0.25) is 0 Å². The lowest BCUT2D eigenvalue weighted by molar-refractivity contribution is 0.535. The summed E-state index contributed by atoms with van der Waals surface area (Å²) in [5.74, 6) is 1.35. The maximum Gasteiger partial charge on any atom is 0.103 e. The average molecular weight is 337 g/mol. The van der Waals surface area contributed by atoms with E-state index in [1.54, 1.807) is 0 Å². The van der Waals surface area contributed by atoms with Crippen LogP contribution in [0.4, 0.5) is 5.69 Å². The minimum Gasteiger partial charge on any atom is -0.370 e. The van der Waals surface area contributed by atoms with Crippen LogP contribution in [0.5, 0.6) is 0 Å². The summed E-state index contributed by atoms with van der Waals surface area (Å²) in [5.41, 5.74) is 1.81. The Labute approximate surface area is 131 Å². The standard InChI is InChI=1S/C17H25BrN2/c1-13(2)8-10-20(11-9-14(3)4)17-7-5-6-16(18)15(17)12-19/h5-7,13-14H,8-11H2,1-4H3. The summed E-state index contributed by atoms with van der Waals surface area (Å²) in [6.45, 7) is 11.0. The van der Waals surface area contributed by atoms with Crippen LogP contribution >= 0.6 is 15.9 Å². The molecule has 20 heavy (non-hydrogen) atoms. The summed E-state index contributed by atoms with van der Waals surface area (Å²) in [6.07, 6.45) is 2.30. The van der Waals surface area contributed by atoms with Crippen LogP contribution in [0.3, 0.4) is 0 Å². The summed E-state index contributed by atoms with van der Waals surface area (Å²) < 4.78 is 0.886. The van der Waals surface area contributed by atoms with E-state index in [0.29, 0.717) is 11.8 Å². The van der Waals surface area contributed by atoms with Gasteiger partial charge in [0.2, 0.25) is 0 Å². The van der Waals surface area contributed by atoms with Gasteiger partial charge in [0.15, 0.2) is 0 Å². The topological polar surface area (TPSA) is 27.0 Å². The molecule has 2 nitrogen and oxygen atoms in total. The quantitative estimate of drug-likeness (QED) is 0.682. The normalized spacial score (nSPS) is 10.9. The van der Waals surface area contributed by atoms with E-state index < -0.39 is 0 Å². The highest BCUT2D eigenvalue weighted by atomic mass is 79.9. The Morgan fingerprint density at radius 3 is 2.10 bits per heavy atom. The molecular weight excluding hydrogens is 312 g/mol. The molecule has 0 N–H and O–H groups in total. The van der Waals surface area contributed by atoms with Crippen LogP contribution in [0, 0.1) is 23.2 Å². The number of anilines is 1. The molecule has 3 heteroatoms. The second kappa shape index (κ2) is 8.32. The van der Waals surface area contributed by atoms with Crippen LogP contribution in [-0.4, -0.2) is 13.1 Å². The molecule has 0 radical (unpaired) electrons. The first kappa shape index (κ1) is 17.0. The molecule has 0 saturated heterocycles. The molecule has 0 amide bonds. The monoisotopic (exact) mass is 336 g/mol. The zero-order valence-corrected chi connectivity index (χ0v) is 14.6. The fraction of sp³-hybridized carbons (Fsp3) is 0.588. The van der Waals surface area contributed by atoms with Gasteiger partial charge < -0.3 is 4.90 Å². The van der Waals surface area contributed by atoms with Gasteiger partial charge in [0.25, 0.3) is 0 Å². The van der Waals surface area contributed by atoms with Gasteiger partial charge in [-0.25, -0.2) is 0 Å². The minimum atomic E-state index is 0.675. The number of hydrogen-bond donors (Lipinski definition) is 0. The van der Waals surface area contributed by atoms with Crippen LogP contribution < -0.4 is 4.90 Å².